The topological polar surface area (TPSA) is 93.0 Å². The lowest BCUT2D eigenvalue weighted by atomic mass is 10.2. The van der Waals surface area contributed by atoms with Crippen molar-refractivity contribution < 1.29 is 22.5 Å². The van der Waals surface area contributed by atoms with Crippen LogP contribution in [0.4, 0.5) is 10.1 Å². The number of benzene rings is 2. The van der Waals surface area contributed by atoms with Crippen molar-refractivity contribution in [2.75, 3.05) is 33.2 Å². The fourth-order valence-corrected chi connectivity index (χ4v) is 4.27. The number of sulfonamides is 1. The van der Waals surface area contributed by atoms with Crippen LogP contribution in [0.5, 0.6) is 11.5 Å². The van der Waals surface area contributed by atoms with Crippen LogP contribution in [0.1, 0.15) is 5.56 Å². The molecule has 28 heavy (non-hydrogen) atoms. The normalized spacial score (nSPS) is 16.1. The highest BCUT2D eigenvalue weighted by Crippen LogP contribution is 2.34. The van der Waals surface area contributed by atoms with Crippen LogP contribution in [0, 0.1) is 22.9 Å². The molecule has 0 radical (unpaired) electrons. The number of likely N-dealkylation sites (N-methyl/N-ethyl adjacent to an activating group) is 1. The van der Waals surface area contributed by atoms with Crippen molar-refractivity contribution >= 4 is 15.7 Å². The van der Waals surface area contributed by atoms with Crippen LogP contribution >= 0.6 is 0 Å². The van der Waals surface area contributed by atoms with Crippen LogP contribution < -0.4 is 4.74 Å². The molecule has 1 aliphatic rings. The molecule has 0 bridgehead atoms. The molecule has 0 aromatic heterocycles. The average molecular weight is 409 g/mol. The molecule has 2 aromatic carbocycles. The first-order valence-corrected chi connectivity index (χ1v) is 10.0. The third kappa shape index (κ3) is 4.13. The summed E-state index contributed by atoms with van der Waals surface area (Å²) < 4.78 is 46.1. The largest absolute Gasteiger partial charge is 0.450 e. The smallest absolute Gasteiger partial charge is 0.312 e. The van der Waals surface area contributed by atoms with Gasteiger partial charge < -0.3 is 9.64 Å². The SMILES string of the molecule is Cc1ccc(Oc2ccc(S(=O)(=O)N3CCN(C)CC3)cc2[N+](=O)[O-])cc1F. The van der Waals surface area contributed by atoms with Crippen molar-refractivity contribution in [2.24, 2.45) is 0 Å². The van der Waals surface area contributed by atoms with E-state index < -0.39 is 26.5 Å². The molecule has 0 amide bonds. The Labute approximate surface area is 162 Å². The van der Waals surface area contributed by atoms with E-state index in [2.05, 4.69) is 0 Å². The fraction of sp³-hybridized carbons (Fsp3) is 0.333. The average Bonchev–Trinajstić information content (AvgIpc) is 2.65. The summed E-state index contributed by atoms with van der Waals surface area (Å²) in [4.78, 5) is 12.6. The maximum absolute atomic E-state index is 13.7. The van der Waals surface area contributed by atoms with Crippen LogP contribution in [0.15, 0.2) is 41.3 Å². The van der Waals surface area contributed by atoms with Crippen LogP contribution in [0.3, 0.4) is 0 Å². The summed E-state index contributed by atoms with van der Waals surface area (Å²) >= 11 is 0. The Hall–Kier alpha value is -2.56. The molecule has 2 aromatic rings. The minimum Gasteiger partial charge on any atom is -0.450 e. The summed E-state index contributed by atoms with van der Waals surface area (Å²) in [5.41, 5.74) is -0.0911. The first kappa shape index (κ1) is 20.2. The van der Waals surface area contributed by atoms with Gasteiger partial charge in [-0.1, -0.05) is 6.07 Å². The highest BCUT2D eigenvalue weighted by atomic mass is 32.2. The van der Waals surface area contributed by atoms with E-state index in [0.29, 0.717) is 31.7 Å². The standard InChI is InChI=1S/C18H20FN3O5S/c1-13-3-4-14(11-16(13)19)27-18-6-5-15(12-17(18)22(23)24)28(25,26)21-9-7-20(2)8-10-21/h3-6,11-12H,7-10H2,1-2H3. The number of rotatable bonds is 5. The van der Waals surface area contributed by atoms with E-state index in [1.165, 1.54) is 28.6 Å². The Kier molecular flexibility index (Phi) is 5.64. The second-order valence-corrected chi connectivity index (χ2v) is 8.54. The molecular weight excluding hydrogens is 389 g/mol. The molecule has 150 valence electrons. The number of ether oxygens (including phenoxy) is 1. The third-order valence-electron chi connectivity index (χ3n) is 4.60. The summed E-state index contributed by atoms with van der Waals surface area (Å²) in [6.45, 7) is 3.38. The summed E-state index contributed by atoms with van der Waals surface area (Å²) in [5, 5.41) is 11.5. The third-order valence-corrected chi connectivity index (χ3v) is 6.49. The van der Waals surface area contributed by atoms with Crippen LogP contribution in [0.25, 0.3) is 0 Å². The lowest BCUT2D eigenvalue weighted by Gasteiger charge is -2.31. The zero-order chi connectivity index (χ0) is 20.5. The summed E-state index contributed by atoms with van der Waals surface area (Å²) in [5.74, 6) is -0.583. The molecule has 10 heteroatoms. The maximum Gasteiger partial charge on any atom is 0.312 e. The Morgan fingerprint density at radius 3 is 2.39 bits per heavy atom. The number of nitrogens with zero attached hydrogens (tertiary/aromatic N) is 3. The summed E-state index contributed by atoms with van der Waals surface area (Å²) in [6, 6.07) is 7.56. The van der Waals surface area contributed by atoms with Gasteiger partial charge in [0.1, 0.15) is 11.6 Å². The minimum absolute atomic E-state index is 0.0841. The number of piperazine rings is 1. The van der Waals surface area contributed by atoms with E-state index in [-0.39, 0.29) is 16.4 Å². The molecule has 0 aliphatic carbocycles. The molecule has 0 spiro atoms. The van der Waals surface area contributed by atoms with Crippen molar-refractivity contribution in [1.29, 1.82) is 0 Å². The van der Waals surface area contributed by atoms with Gasteiger partial charge in [0.25, 0.3) is 0 Å². The Morgan fingerprint density at radius 2 is 1.79 bits per heavy atom. The highest BCUT2D eigenvalue weighted by Gasteiger charge is 2.30. The van der Waals surface area contributed by atoms with Crippen LogP contribution in [-0.4, -0.2) is 55.8 Å². The van der Waals surface area contributed by atoms with Gasteiger partial charge in [0.15, 0.2) is 0 Å². The maximum atomic E-state index is 13.7. The molecule has 1 aliphatic heterocycles. The van der Waals surface area contributed by atoms with Gasteiger partial charge >= 0.3 is 5.69 Å². The molecule has 1 fully saturated rings. The van der Waals surface area contributed by atoms with E-state index in [1.54, 1.807) is 6.92 Å². The van der Waals surface area contributed by atoms with Gasteiger partial charge in [0.2, 0.25) is 15.8 Å². The fourth-order valence-electron chi connectivity index (χ4n) is 2.83. The van der Waals surface area contributed by atoms with Crippen molar-refractivity contribution in [3.63, 3.8) is 0 Å². The Balaban J connectivity index is 1.92. The van der Waals surface area contributed by atoms with E-state index in [1.807, 2.05) is 11.9 Å². The van der Waals surface area contributed by atoms with Gasteiger partial charge in [-0.3, -0.25) is 10.1 Å². The van der Waals surface area contributed by atoms with Gasteiger partial charge in [-0.2, -0.15) is 4.31 Å². The van der Waals surface area contributed by atoms with E-state index in [9.17, 15) is 22.9 Å². The zero-order valence-corrected chi connectivity index (χ0v) is 16.3. The van der Waals surface area contributed by atoms with Crippen LogP contribution in [-0.2, 0) is 10.0 Å². The van der Waals surface area contributed by atoms with Gasteiger partial charge in [-0.05, 0) is 37.7 Å². The number of nitro benzene ring substituents is 1. The number of hydrogen-bond donors (Lipinski definition) is 0. The zero-order valence-electron chi connectivity index (χ0n) is 15.5. The second kappa shape index (κ2) is 7.82. The molecule has 8 nitrogen and oxygen atoms in total. The molecular formula is C18H20FN3O5S. The molecule has 1 saturated heterocycles. The highest BCUT2D eigenvalue weighted by molar-refractivity contribution is 7.89. The summed E-state index contributed by atoms with van der Waals surface area (Å²) in [7, 11) is -1.96. The molecule has 0 unspecified atom stereocenters. The van der Waals surface area contributed by atoms with E-state index in [4.69, 9.17) is 4.74 Å². The summed E-state index contributed by atoms with van der Waals surface area (Å²) in [6.07, 6.45) is 0. The van der Waals surface area contributed by atoms with Gasteiger partial charge in [0.05, 0.1) is 9.82 Å². The Bertz CT molecular complexity index is 1000. The first-order chi connectivity index (χ1) is 13.2. The van der Waals surface area contributed by atoms with Gasteiger partial charge in [0, 0.05) is 38.3 Å². The quantitative estimate of drug-likeness (QED) is 0.557. The molecule has 0 saturated carbocycles. The van der Waals surface area contributed by atoms with E-state index in [0.717, 1.165) is 12.1 Å². The Morgan fingerprint density at radius 1 is 1.11 bits per heavy atom. The van der Waals surface area contributed by atoms with Crippen molar-refractivity contribution in [3.05, 3.63) is 57.9 Å². The molecule has 1 heterocycles. The van der Waals surface area contributed by atoms with Crippen molar-refractivity contribution in [2.45, 2.75) is 11.8 Å². The monoisotopic (exact) mass is 409 g/mol. The number of hydrogen-bond acceptors (Lipinski definition) is 6. The lowest BCUT2D eigenvalue weighted by molar-refractivity contribution is -0.385. The number of aryl methyl sites for hydroxylation is 1. The molecule has 3 rings (SSSR count). The lowest BCUT2D eigenvalue weighted by Crippen LogP contribution is -2.47. The number of nitro groups is 1. The van der Waals surface area contributed by atoms with Gasteiger partial charge in [-0.25, -0.2) is 12.8 Å². The predicted molar refractivity (Wildman–Crippen MR) is 101 cm³/mol. The number of halogens is 1. The van der Waals surface area contributed by atoms with Crippen molar-refractivity contribution in [3.8, 4) is 11.5 Å². The predicted octanol–water partition coefficient (Wildman–Crippen LogP) is 2.77. The molecule has 0 N–H and O–H groups in total. The minimum atomic E-state index is -3.86. The first-order valence-electron chi connectivity index (χ1n) is 8.59. The van der Waals surface area contributed by atoms with Gasteiger partial charge in [-0.15, -0.1) is 0 Å². The second-order valence-electron chi connectivity index (χ2n) is 6.61. The van der Waals surface area contributed by atoms with E-state index >= 15 is 0 Å². The molecule has 0 atom stereocenters. The van der Waals surface area contributed by atoms with Crippen LogP contribution in [0.2, 0.25) is 0 Å². The van der Waals surface area contributed by atoms with Crippen molar-refractivity contribution in [1.82, 2.24) is 9.21 Å².